The molecule has 0 saturated heterocycles. The molecule has 0 aliphatic carbocycles. The third-order valence-corrected chi connectivity index (χ3v) is 14.1. The van der Waals surface area contributed by atoms with Gasteiger partial charge in [0, 0.05) is 19.3 Å². The molecule has 0 bridgehead atoms. The summed E-state index contributed by atoms with van der Waals surface area (Å²) in [6.45, 7) is 6.66. The van der Waals surface area contributed by atoms with E-state index in [-0.39, 0.29) is 31.1 Å². The predicted molar refractivity (Wildman–Crippen MR) is 289 cm³/mol. The van der Waals surface area contributed by atoms with Crippen LogP contribution in [0.25, 0.3) is 0 Å². The van der Waals surface area contributed by atoms with Crippen molar-refractivity contribution in [1.29, 1.82) is 0 Å². The molecule has 1 unspecified atom stereocenters. The van der Waals surface area contributed by atoms with Crippen molar-refractivity contribution >= 4 is 17.9 Å². The summed E-state index contributed by atoms with van der Waals surface area (Å²) >= 11 is 0. The maximum Gasteiger partial charge on any atom is 0.306 e. The highest BCUT2D eigenvalue weighted by molar-refractivity contribution is 5.71. The van der Waals surface area contributed by atoms with Crippen molar-refractivity contribution in [2.45, 2.75) is 361 Å². The molecule has 0 amide bonds. The summed E-state index contributed by atoms with van der Waals surface area (Å²) in [5.74, 6) is -0.843. The van der Waals surface area contributed by atoms with Gasteiger partial charge >= 0.3 is 17.9 Å². The average Bonchev–Trinajstić information content (AvgIpc) is 3.33. The van der Waals surface area contributed by atoms with Crippen molar-refractivity contribution in [2.75, 3.05) is 13.2 Å². The summed E-state index contributed by atoms with van der Waals surface area (Å²) < 4.78 is 16.8. The number of hydrogen-bond donors (Lipinski definition) is 0. The Balaban J connectivity index is 3.98. The number of esters is 3. The Bertz CT molecular complexity index is 998. The Labute approximate surface area is 418 Å². The quantitative estimate of drug-likeness (QED) is 0.0343. The van der Waals surface area contributed by atoms with E-state index in [0.29, 0.717) is 19.3 Å². The van der Waals surface area contributed by atoms with Crippen LogP contribution in [-0.4, -0.2) is 37.2 Å². The molecule has 6 nitrogen and oxygen atoms in total. The molecule has 0 aromatic carbocycles. The van der Waals surface area contributed by atoms with Crippen LogP contribution in [0.5, 0.6) is 0 Å². The molecule has 0 aromatic rings. The topological polar surface area (TPSA) is 78.9 Å². The van der Waals surface area contributed by atoms with Crippen LogP contribution in [0.1, 0.15) is 355 Å². The van der Waals surface area contributed by atoms with Gasteiger partial charge in [-0.05, 0) is 19.3 Å². The van der Waals surface area contributed by atoms with E-state index in [9.17, 15) is 14.4 Å². The van der Waals surface area contributed by atoms with Crippen molar-refractivity contribution in [3.8, 4) is 0 Å². The minimum absolute atomic E-state index is 0.0619. The fourth-order valence-corrected chi connectivity index (χ4v) is 9.51. The Morgan fingerprint density at radius 2 is 0.403 bits per heavy atom. The van der Waals surface area contributed by atoms with Gasteiger partial charge in [0.25, 0.3) is 0 Å². The van der Waals surface area contributed by atoms with Crippen molar-refractivity contribution in [2.24, 2.45) is 0 Å². The predicted octanol–water partition coefficient (Wildman–Crippen LogP) is 20.3. The molecule has 0 rings (SSSR count). The van der Waals surface area contributed by atoms with Crippen molar-refractivity contribution < 1.29 is 28.6 Å². The Kier molecular flexibility index (Phi) is 55.6. The number of unbranched alkanes of at least 4 members (excludes halogenated alkanes) is 46. The number of carbonyl (C=O) groups is 3. The summed E-state index contributed by atoms with van der Waals surface area (Å²) in [7, 11) is 0. The molecule has 67 heavy (non-hydrogen) atoms. The molecular formula is C61H118O6. The molecule has 0 radical (unpaired) electrons. The Morgan fingerprint density at radius 1 is 0.239 bits per heavy atom. The van der Waals surface area contributed by atoms with Gasteiger partial charge in [-0.25, -0.2) is 0 Å². The summed E-state index contributed by atoms with van der Waals surface area (Å²) in [6.07, 6.45) is 64.3. The van der Waals surface area contributed by atoms with Crippen LogP contribution < -0.4 is 0 Å². The molecule has 1 atom stereocenters. The van der Waals surface area contributed by atoms with Crippen LogP contribution in [0.15, 0.2) is 0 Å². The first kappa shape index (κ1) is 65.4. The molecule has 0 aromatic heterocycles. The van der Waals surface area contributed by atoms with Gasteiger partial charge in [0.1, 0.15) is 13.2 Å². The van der Waals surface area contributed by atoms with Crippen molar-refractivity contribution in [1.82, 2.24) is 0 Å². The van der Waals surface area contributed by atoms with Gasteiger partial charge in [-0.3, -0.25) is 14.4 Å². The lowest BCUT2D eigenvalue weighted by Gasteiger charge is -2.18. The van der Waals surface area contributed by atoms with Crippen molar-refractivity contribution in [3.05, 3.63) is 0 Å². The summed E-state index contributed by atoms with van der Waals surface area (Å²) in [4.78, 5) is 37.9. The first-order valence-corrected chi connectivity index (χ1v) is 30.5. The molecular weight excluding hydrogens is 829 g/mol. The zero-order valence-corrected chi connectivity index (χ0v) is 45.7. The van der Waals surface area contributed by atoms with Crippen LogP contribution in [0, 0.1) is 0 Å². The first-order valence-electron chi connectivity index (χ1n) is 30.5. The fraction of sp³-hybridized carbons (Fsp3) is 0.951. The third-order valence-electron chi connectivity index (χ3n) is 14.1. The van der Waals surface area contributed by atoms with Gasteiger partial charge in [-0.2, -0.15) is 0 Å². The van der Waals surface area contributed by atoms with Crippen LogP contribution in [0.2, 0.25) is 0 Å². The zero-order valence-electron chi connectivity index (χ0n) is 45.7. The number of rotatable bonds is 57. The molecule has 0 fully saturated rings. The minimum Gasteiger partial charge on any atom is -0.462 e. The van der Waals surface area contributed by atoms with Gasteiger partial charge in [0.2, 0.25) is 0 Å². The number of ether oxygens (including phenoxy) is 3. The van der Waals surface area contributed by atoms with Crippen LogP contribution in [0.3, 0.4) is 0 Å². The van der Waals surface area contributed by atoms with E-state index in [1.165, 1.54) is 257 Å². The van der Waals surface area contributed by atoms with Crippen LogP contribution in [0.4, 0.5) is 0 Å². The molecule has 0 saturated carbocycles. The molecule has 0 aliphatic rings. The fourth-order valence-electron chi connectivity index (χ4n) is 9.51. The lowest BCUT2D eigenvalue weighted by Crippen LogP contribution is -2.30. The number of hydrogen-bond acceptors (Lipinski definition) is 6. The van der Waals surface area contributed by atoms with Gasteiger partial charge in [0.05, 0.1) is 0 Å². The lowest BCUT2D eigenvalue weighted by atomic mass is 10.0. The van der Waals surface area contributed by atoms with Crippen LogP contribution >= 0.6 is 0 Å². The highest BCUT2D eigenvalue weighted by atomic mass is 16.6. The van der Waals surface area contributed by atoms with E-state index in [1.54, 1.807) is 0 Å². The minimum atomic E-state index is -0.759. The highest BCUT2D eigenvalue weighted by Crippen LogP contribution is 2.18. The van der Waals surface area contributed by atoms with Crippen LogP contribution in [-0.2, 0) is 28.6 Å². The first-order chi connectivity index (χ1) is 33.0. The van der Waals surface area contributed by atoms with E-state index in [4.69, 9.17) is 14.2 Å². The van der Waals surface area contributed by atoms with Gasteiger partial charge < -0.3 is 14.2 Å². The van der Waals surface area contributed by atoms with Gasteiger partial charge in [-0.1, -0.05) is 316 Å². The highest BCUT2D eigenvalue weighted by Gasteiger charge is 2.19. The monoisotopic (exact) mass is 947 g/mol. The van der Waals surface area contributed by atoms with E-state index in [2.05, 4.69) is 20.8 Å². The molecule has 0 heterocycles. The smallest absolute Gasteiger partial charge is 0.306 e. The summed E-state index contributed by atoms with van der Waals surface area (Å²) in [6, 6.07) is 0. The maximum atomic E-state index is 12.8. The Hall–Kier alpha value is -1.59. The van der Waals surface area contributed by atoms with Gasteiger partial charge in [-0.15, -0.1) is 0 Å². The second kappa shape index (κ2) is 57.0. The second-order valence-electron chi connectivity index (χ2n) is 21.0. The molecule has 6 heteroatoms. The van der Waals surface area contributed by atoms with E-state index < -0.39 is 6.10 Å². The van der Waals surface area contributed by atoms with Gasteiger partial charge in [0.15, 0.2) is 6.10 Å². The van der Waals surface area contributed by atoms with E-state index >= 15 is 0 Å². The van der Waals surface area contributed by atoms with E-state index in [0.717, 1.165) is 57.8 Å². The standard InChI is InChI=1S/C61H118O6/c1-4-7-10-13-16-18-20-22-24-25-26-27-28-29-30-31-32-33-34-35-36-37-39-40-42-45-48-51-54-60(63)66-57-58(56-65-59(62)53-50-47-44-15-12-9-6-3)67-61(64)55-52-49-46-43-41-38-23-21-19-17-14-11-8-5-2/h58H,4-57H2,1-3H3. The normalized spacial score (nSPS) is 11.9. The van der Waals surface area contributed by atoms with E-state index in [1.807, 2.05) is 0 Å². The van der Waals surface area contributed by atoms with Crippen molar-refractivity contribution in [3.63, 3.8) is 0 Å². The molecule has 0 aliphatic heterocycles. The molecule has 0 spiro atoms. The SMILES string of the molecule is CCCCCCCCCCCCCCCCCCCCCCCCCCCCCCC(=O)OCC(COC(=O)CCCCCCCCC)OC(=O)CCCCCCCCCCCCCCCC. The largest absolute Gasteiger partial charge is 0.462 e. The lowest BCUT2D eigenvalue weighted by molar-refractivity contribution is -0.167. The summed E-state index contributed by atoms with van der Waals surface area (Å²) in [5, 5.41) is 0. The summed E-state index contributed by atoms with van der Waals surface area (Å²) in [5.41, 5.74) is 0. The molecule has 398 valence electrons. The third kappa shape index (κ3) is 55.2. The number of carbonyl (C=O) groups excluding carboxylic acids is 3. The second-order valence-corrected chi connectivity index (χ2v) is 21.0. The Morgan fingerprint density at radius 3 is 0.597 bits per heavy atom. The average molecular weight is 948 g/mol. The molecule has 0 N–H and O–H groups in total. The zero-order chi connectivity index (χ0) is 48.6. The maximum absolute atomic E-state index is 12.8.